The molecule has 0 saturated heterocycles. The largest absolute Gasteiger partial charge is 0.481 e. The number of hydrogen-bond acceptors (Lipinski definition) is 2. The molecule has 21 heavy (non-hydrogen) atoms. The molecule has 1 heterocycles. The van der Waals surface area contributed by atoms with Crippen molar-refractivity contribution in [2.45, 2.75) is 6.42 Å². The van der Waals surface area contributed by atoms with Crippen LogP contribution in [0.4, 0.5) is 0 Å². The van der Waals surface area contributed by atoms with Crippen LogP contribution in [0.5, 0.6) is 5.88 Å². The van der Waals surface area contributed by atoms with Crippen molar-refractivity contribution in [3.05, 3.63) is 68.6 Å². The minimum Gasteiger partial charge on any atom is -0.481 e. The van der Waals surface area contributed by atoms with E-state index in [-0.39, 0.29) is 0 Å². The first-order chi connectivity index (χ1) is 10.2. The van der Waals surface area contributed by atoms with Crippen molar-refractivity contribution in [2.75, 3.05) is 7.11 Å². The van der Waals surface area contributed by atoms with Crippen LogP contribution in [0.15, 0.2) is 57.5 Å². The number of fused-ring (bicyclic) bond motifs is 1. The van der Waals surface area contributed by atoms with E-state index in [1.54, 1.807) is 7.11 Å². The summed E-state index contributed by atoms with van der Waals surface area (Å²) in [4.78, 5) is 4.63. The van der Waals surface area contributed by atoms with Crippen molar-refractivity contribution < 1.29 is 4.74 Å². The molecule has 0 radical (unpaired) electrons. The highest BCUT2D eigenvalue weighted by Crippen LogP contribution is 2.32. The van der Waals surface area contributed by atoms with E-state index in [4.69, 9.17) is 4.74 Å². The Balaban J connectivity index is 2.13. The normalized spacial score (nSPS) is 10.8. The van der Waals surface area contributed by atoms with E-state index >= 15 is 0 Å². The summed E-state index contributed by atoms with van der Waals surface area (Å²) in [5.41, 5.74) is 3.23. The van der Waals surface area contributed by atoms with Crippen LogP contribution in [0.3, 0.4) is 0 Å². The highest BCUT2D eigenvalue weighted by atomic mass is 79.9. The number of halogens is 2. The second-order valence-corrected chi connectivity index (χ2v) is 6.54. The lowest BCUT2D eigenvalue weighted by molar-refractivity contribution is 0.395. The standard InChI is InChI=1S/C17H13Br2NO/c1-21-17-12(7-11-5-3-2-4-6-11)8-14-15(19)9-13(18)10-16(14)20-17/h2-6,8-10H,7H2,1H3. The van der Waals surface area contributed by atoms with E-state index in [1.807, 2.05) is 30.3 Å². The lowest BCUT2D eigenvalue weighted by Gasteiger charge is -2.11. The van der Waals surface area contributed by atoms with E-state index in [1.165, 1.54) is 5.56 Å². The summed E-state index contributed by atoms with van der Waals surface area (Å²) in [5.74, 6) is 0.677. The Hall–Kier alpha value is -1.39. The first-order valence-corrected chi connectivity index (χ1v) is 8.12. The molecule has 2 aromatic carbocycles. The Morgan fingerprint density at radius 3 is 2.52 bits per heavy atom. The third-order valence-corrected chi connectivity index (χ3v) is 4.43. The molecule has 2 nitrogen and oxygen atoms in total. The molecule has 106 valence electrons. The van der Waals surface area contributed by atoms with Crippen LogP contribution < -0.4 is 4.74 Å². The van der Waals surface area contributed by atoms with Gasteiger partial charge in [0, 0.05) is 26.3 Å². The van der Waals surface area contributed by atoms with Crippen molar-refractivity contribution in [1.29, 1.82) is 0 Å². The first-order valence-electron chi connectivity index (χ1n) is 6.54. The van der Waals surface area contributed by atoms with Crippen molar-refractivity contribution in [2.24, 2.45) is 0 Å². The van der Waals surface area contributed by atoms with Crippen LogP contribution in [0.1, 0.15) is 11.1 Å². The number of ether oxygens (including phenoxy) is 1. The van der Waals surface area contributed by atoms with Gasteiger partial charge in [-0.2, -0.15) is 0 Å². The highest BCUT2D eigenvalue weighted by Gasteiger charge is 2.11. The molecule has 3 aromatic rings. The molecule has 0 saturated carbocycles. The number of aromatic nitrogens is 1. The summed E-state index contributed by atoms with van der Waals surface area (Å²) in [7, 11) is 1.66. The van der Waals surface area contributed by atoms with Crippen molar-refractivity contribution in [3.63, 3.8) is 0 Å². The Morgan fingerprint density at radius 1 is 1.05 bits per heavy atom. The summed E-state index contributed by atoms with van der Waals surface area (Å²) in [6.45, 7) is 0. The van der Waals surface area contributed by atoms with Gasteiger partial charge in [-0.3, -0.25) is 0 Å². The molecule has 0 atom stereocenters. The summed E-state index contributed by atoms with van der Waals surface area (Å²) in [6, 6.07) is 16.5. The van der Waals surface area contributed by atoms with Crippen LogP contribution >= 0.6 is 31.9 Å². The quantitative estimate of drug-likeness (QED) is 0.584. The molecule has 1 aromatic heterocycles. The minimum absolute atomic E-state index is 0.677. The summed E-state index contributed by atoms with van der Waals surface area (Å²) in [5, 5.41) is 1.09. The molecular formula is C17H13Br2NO. The van der Waals surface area contributed by atoms with Gasteiger partial charge in [-0.15, -0.1) is 0 Å². The van der Waals surface area contributed by atoms with Gasteiger partial charge in [0.05, 0.1) is 12.6 Å². The SMILES string of the molecule is COc1nc2cc(Br)cc(Br)c2cc1Cc1ccccc1. The topological polar surface area (TPSA) is 22.1 Å². The third-order valence-electron chi connectivity index (χ3n) is 3.32. The number of benzene rings is 2. The third kappa shape index (κ3) is 3.11. The van der Waals surface area contributed by atoms with Crippen LogP contribution in [0, 0.1) is 0 Å². The number of rotatable bonds is 3. The molecule has 0 N–H and O–H groups in total. The molecule has 3 rings (SSSR count). The molecule has 4 heteroatoms. The van der Waals surface area contributed by atoms with Gasteiger partial charge in [0.1, 0.15) is 0 Å². The van der Waals surface area contributed by atoms with Crippen LogP contribution in [0.25, 0.3) is 10.9 Å². The number of hydrogen-bond donors (Lipinski definition) is 0. The van der Waals surface area contributed by atoms with Gasteiger partial charge < -0.3 is 4.74 Å². The highest BCUT2D eigenvalue weighted by molar-refractivity contribution is 9.11. The molecule has 0 unspecified atom stereocenters. The van der Waals surface area contributed by atoms with Crippen molar-refractivity contribution >= 4 is 42.8 Å². The Labute approximate surface area is 140 Å². The van der Waals surface area contributed by atoms with Gasteiger partial charge >= 0.3 is 0 Å². The molecular weight excluding hydrogens is 394 g/mol. The lowest BCUT2D eigenvalue weighted by Crippen LogP contribution is -1.97. The van der Waals surface area contributed by atoms with E-state index in [0.29, 0.717) is 5.88 Å². The predicted octanol–water partition coefficient (Wildman–Crippen LogP) is 5.36. The van der Waals surface area contributed by atoms with Gasteiger partial charge in [-0.25, -0.2) is 4.98 Å². The van der Waals surface area contributed by atoms with E-state index in [2.05, 4.69) is 55.0 Å². The summed E-state index contributed by atoms with van der Waals surface area (Å²) >= 11 is 7.09. The fourth-order valence-electron chi connectivity index (χ4n) is 2.34. The van der Waals surface area contributed by atoms with E-state index in [0.717, 1.165) is 31.8 Å². The second kappa shape index (κ2) is 6.16. The molecule has 0 aliphatic rings. The zero-order chi connectivity index (χ0) is 14.8. The Kier molecular flexibility index (Phi) is 4.27. The number of nitrogens with zero attached hydrogens (tertiary/aromatic N) is 1. The summed E-state index contributed by atoms with van der Waals surface area (Å²) in [6.07, 6.45) is 0.801. The minimum atomic E-state index is 0.677. The monoisotopic (exact) mass is 405 g/mol. The van der Waals surface area contributed by atoms with Crippen LogP contribution in [0.2, 0.25) is 0 Å². The fraction of sp³-hybridized carbons (Fsp3) is 0.118. The van der Waals surface area contributed by atoms with Gasteiger partial charge in [0.25, 0.3) is 0 Å². The van der Waals surface area contributed by atoms with Crippen molar-refractivity contribution in [3.8, 4) is 5.88 Å². The van der Waals surface area contributed by atoms with Gasteiger partial charge in [0.2, 0.25) is 5.88 Å². The molecule has 0 fully saturated rings. The lowest BCUT2D eigenvalue weighted by atomic mass is 10.0. The maximum absolute atomic E-state index is 5.46. The van der Waals surface area contributed by atoms with Crippen LogP contribution in [-0.4, -0.2) is 12.1 Å². The Bertz CT molecular complexity index is 788. The maximum atomic E-state index is 5.46. The zero-order valence-electron chi connectivity index (χ0n) is 11.4. The second-order valence-electron chi connectivity index (χ2n) is 4.77. The van der Waals surface area contributed by atoms with Gasteiger partial charge in [-0.05, 0) is 23.8 Å². The van der Waals surface area contributed by atoms with Crippen LogP contribution in [-0.2, 0) is 6.42 Å². The Morgan fingerprint density at radius 2 is 1.81 bits per heavy atom. The predicted molar refractivity (Wildman–Crippen MR) is 92.9 cm³/mol. The molecule has 0 aliphatic carbocycles. The average Bonchev–Trinajstić information content (AvgIpc) is 2.48. The molecule has 0 spiro atoms. The fourth-order valence-corrected chi connectivity index (χ4v) is 3.66. The molecule has 0 amide bonds. The average molecular weight is 407 g/mol. The zero-order valence-corrected chi connectivity index (χ0v) is 14.6. The summed E-state index contributed by atoms with van der Waals surface area (Å²) < 4.78 is 7.48. The molecule has 0 bridgehead atoms. The van der Waals surface area contributed by atoms with Crippen molar-refractivity contribution in [1.82, 2.24) is 4.98 Å². The molecule has 0 aliphatic heterocycles. The maximum Gasteiger partial charge on any atom is 0.217 e. The number of methoxy groups -OCH3 is 1. The first kappa shape index (κ1) is 14.5. The van der Waals surface area contributed by atoms with E-state index in [9.17, 15) is 0 Å². The van der Waals surface area contributed by atoms with Gasteiger partial charge in [-0.1, -0.05) is 62.2 Å². The smallest absolute Gasteiger partial charge is 0.217 e. The van der Waals surface area contributed by atoms with E-state index < -0.39 is 0 Å². The van der Waals surface area contributed by atoms with Gasteiger partial charge in [0.15, 0.2) is 0 Å². The number of pyridine rings is 1.